The molecule has 25 heavy (non-hydrogen) atoms. The lowest BCUT2D eigenvalue weighted by molar-refractivity contribution is -0.125. The number of amides is 1. The summed E-state index contributed by atoms with van der Waals surface area (Å²) in [4.78, 5) is 13.0. The molecule has 4 nitrogen and oxygen atoms in total. The fraction of sp³-hybridized carbons (Fsp3) is 0.389. The van der Waals surface area contributed by atoms with Crippen molar-refractivity contribution in [1.82, 2.24) is 5.32 Å². The van der Waals surface area contributed by atoms with Gasteiger partial charge in [0.2, 0.25) is 5.91 Å². The quantitative estimate of drug-likeness (QED) is 0.746. The van der Waals surface area contributed by atoms with Gasteiger partial charge in [0, 0.05) is 17.3 Å². The highest BCUT2D eigenvalue weighted by atomic mass is 32.2. The summed E-state index contributed by atoms with van der Waals surface area (Å²) in [6, 6.07) is 8.31. The molecular weight excluding hydrogens is 361 g/mol. The van der Waals surface area contributed by atoms with Crippen LogP contribution in [0.3, 0.4) is 0 Å². The molecule has 0 spiro atoms. The zero-order valence-electron chi connectivity index (χ0n) is 13.8. The predicted molar refractivity (Wildman–Crippen MR) is 95.5 cm³/mol. The molecule has 1 N–H and O–H groups in total. The van der Waals surface area contributed by atoms with Crippen LogP contribution in [0.2, 0.25) is 0 Å². The third-order valence-corrected chi connectivity index (χ3v) is 7.82. The summed E-state index contributed by atoms with van der Waals surface area (Å²) in [5.41, 5.74) is 0. The number of benzene rings is 1. The van der Waals surface area contributed by atoms with Crippen LogP contribution in [-0.2, 0) is 14.6 Å². The molecule has 1 aromatic carbocycles. The molecule has 2 atom stereocenters. The molecule has 0 aliphatic heterocycles. The fourth-order valence-electron chi connectivity index (χ4n) is 2.79. The van der Waals surface area contributed by atoms with Crippen LogP contribution in [-0.4, -0.2) is 20.9 Å². The van der Waals surface area contributed by atoms with Crippen molar-refractivity contribution in [3.8, 4) is 0 Å². The summed E-state index contributed by atoms with van der Waals surface area (Å²) < 4.78 is 39.1. The van der Waals surface area contributed by atoms with E-state index in [9.17, 15) is 17.6 Å². The topological polar surface area (TPSA) is 63.2 Å². The zero-order valence-corrected chi connectivity index (χ0v) is 15.4. The molecule has 1 heterocycles. The first-order chi connectivity index (χ1) is 11.9. The number of rotatable bonds is 7. The second-order valence-corrected chi connectivity index (χ2v) is 9.48. The van der Waals surface area contributed by atoms with Crippen molar-refractivity contribution in [3.05, 3.63) is 52.5 Å². The minimum Gasteiger partial charge on any atom is -0.354 e. The van der Waals surface area contributed by atoms with Gasteiger partial charge in [0.1, 0.15) is 11.1 Å². The Morgan fingerprint density at radius 1 is 1.28 bits per heavy atom. The van der Waals surface area contributed by atoms with E-state index < -0.39 is 20.9 Å². The lowest BCUT2D eigenvalue weighted by Crippen LogP contribution is -2.35. The van der Waals surface area contributed by atoms with E-state index in [2.05, 4.69) is 5.32 Å². The Bertz CT molecular complexity index is 828. The van der Waals surface area contributed by atoms with E-state index in [1.54, 1.807) is 17.5 Å². The van der Waals surface area contributed by atoms with Crippen molar-refractivity contribution in [2.45, 2.75) is 29.9 Å². The molecule has 1 amide bonds. The van der Waals surface area contributed by atoms with E-state index in [-0.39, 0.29) is 23.3 Å². The lowest BCUT2D eigenvalue weighted by Gasteiger charge is -2.19. The summed E-state index contributed by atoms with van der Waals surface area (Å²) in [6.07, 6.45) is 2.10. The summed E-state index contributed by atoms with van der Waals surface area (Å²) in [7, 11) is -3.74. The van der Waals surface area contributed by atoms with Crippen molar-refractivity contribution < 1.29 is 17.6 Å². The molecule has 134 valence electrons. The smallest absolute Gasteiger partial charge is 0.223 e. The van der Waals surface area contributed by atoms with Gasteiger partial charge >= 0.3 is 0 Å². The van der Waals surface area contributed by atoms with Gasteiger partial charge in [-0.25, -0.2) is 12.8 Å². The normalized spacial score (nSPS) is 17.0. The van der Waals surface area contributed by atoms with Gasteiger partial charge in [0.05, 0.1) is 4.90 Å². The van der Waals surface area contributed by atoms with E-state index in [1.165, 1.54) is 23.5 Å². The van der Waals surface area contributed by atoms with Crippen LogP contribution in [0.25, 0.3) is 0 Å². The summed E-state index contributed by atoms with van der Waals surface area (Å²) in [5, 5.41) is 3.72. The van der Waals surface area contributed by atoms with Crippen LogP contribution in [0.15, 0.2) is 46.7 Å². The van der Waals surface area contributed by atoms with Crippen LogP contribution in [0.5, 0.6) is 0 Å². The highest BCUT2D eigenvalue weighted by Gasteiger charge is 2.34. The van der Waals surface area contributed by atoms with Crippen molar-refractivity contribution in [2.24, 2.45) is 11.8 Å². The number of nitrogens with one attached hydrogen (secondary N) is 1. The van der Waals surface area contributed by atoms with Crippen molar-refractivity contribution in [1.29, 1.82) is 0 Å². The number of carbonyl (C=O) groups is 1. The maximum atomic E-state index is 13.1. The van der Waals surface area contributed by atoms with Gasteiger partial charge < -0.3 is 5.32 Å². The van der Waals surface area contributed by atoms with Gasteiger partial charge in [0.25, 0.3) is 0 Å². The Morgan fingerprint density at radius 3 is 2.52 bits per heavy atom. The number of thiophene rings is 1. The van der Waals surface area contributed by atoms with Gasteiger partial charge in [-0.15, -0.1) is 11.3 Å². The van der Waals surface area contributed by atoms with Gasteiger partial charge in [-0.2, -0.15) is 0 Å². The Labute approximate surface area is 151 Å². The van der Waals surface area contributed by atoms with Gasteiger partial charge in [-0.3, -0.25) is 4.79 Å². The second kappa shape index (κ2) is 7.25. The molecule has 1 saturated carbocycles. The van der Waals surface area contributed by atoms with Crippen LogP contribution in [0.4, 0.5) is 4.39 Å². The van der Waals surface area contributed by atoms with Gasteiger partial charge in [-0.05, 0) is 54.5 Å². The molecule has 0 bridgehead atoms. The minimum atomic E-state index is -3.74. The highest BCUT2D eigenvalue weighted by Crippen LogP contribution is 2.37. The molecule has 2 unspecified atom stereocenters. The number of hydrogen-bond acceptors (Lipinski definition) is 4. The first-order valence-corrected chi connectivity index (χ1v) is 10.6. The Balaban J connectivity index is 1.82. The van der Waals surface area contributed by atoms with E-state index in [0.29, 0.717) is 10.8 Å². The maximum absolute atomic E-state index is 13.1. The first-order valence-electron chi connectivity index (χ1n) is 8.20. The van der Waals surface area contributed by atoms with E-state index in [4.69, 9.17) is 0 Å². The molecule has 1 aromatic heterocycles. The molecule has 2 aromatic rings. The van der Waals surface area contributed by atoms with Crippen LogP contribution in [0.1, 0.15) is 29.9 Å². The summed E-state index contributed by atoms with van der Waals surface area (Å²) in [5.74, 6) is -0.289. The Morgan fingerprint density at radius 2 is 1.96 bits per heavy atom. The number of carbonyl (C=O) groups excluding carboxylic acids is 1. The monoisotopic (exact) mass is 381 g/mol. The SMILES string of the molecule is CC(C(=O)NCC(c1cccs1)S(=O)(=O)c1ccc(F)cc1)C1CC1. The van der Waals surface area contributed by atoms with E-state index in [1.807, 2.05) is 6.92 Å². The van der Waals surface area contributed by atoms with Gasteiger partial charge in [-0.1, -0.05) is 13.0 Å². The maximum Gasteiger partial charge on any atom is 0.223 e. The molecular formula is C18H20FNO3S2. The summed E-state index contributed by atoms with van der Waals surface area (Å²) in [6.45, 7) is 1.89. The van der Waals surface area contributed by atoms with Crippen molar-refractivity contribution in [2.75, 3.05) is 6.54 Å². The largest absolute Gasteiger partial charge is 0.354 e. The van der Waals surface area contributed by atoms with Crippen LogP contribution < -0.4 is 5.32 Å². The summed E-state index contributed by atoms with van der Waals surface area (Å²) >= 11 is 1.33. The second-order valence-electron chi connectivity index (χ2n) is 6.37. The number of sulfone groups is 1. The van der Waals surface area contributed by atoms with Crippen LogP contribution >= 0.6 is 11.3 Å². The molecule has 1 aliphatic carbocycles. The molecule has 0 saturated heterocycles. The van der Waals surface area contributed by atoms with Crippen LogP contribution in [0, 0.1) is 17.7 Å². The molecule has 0 radical (unpaired) electrons. The van der Waals surface area contributed by atoms with Crippen molar-refractivity contribution >= 4 is 27.1 Å². The Hall–Kier alpha value is -1.73. The number of halogens is 1. The minimum absolute atomic E-state index is 0.0100. The molecule has 7 heteroatoms. The zero-order chi connectivity index (χ0) is 18.0. The highest BCUT2D eigenvalue weighted by molar-refractivity contribution is 7.91. The first kappa shape index (κ1) is 18.1. The molecule has 3 rings (SSSR count). The average Bonchev–Trinajstić information content (AvgIpc) is 3.30. The predicted octanol–water partition coefficient (Wildman–Crippen LogP) is 3.56. The molecule has 1 fully saturated rings. The number of hydrogen-bond donors (Lipinski definition) is 1. The van der Waals surface area contributed by atoms with E-state index in [0.717, 1.165) is 25.0 Å². The third kappa shape index (κ3) is 4.10. The third-order valence-electron chi connectivity index (χ3n) is 4.58. The average molecular weight is 381 g/mol. The van der Waals surface area contributed by atoms with Crippen molar-refractivity contribution in [3.63, 3.8) is 0 Å². The van der Waals surface area contributed by atoms with E-state index >= 15 is 0 Å². The van der Waals surface area contributed by atoms with Gasteiger partial charge in [0.15, 0.2) is 9.84 Å². The fourth-order valence-corrected chi connectivity index (χ4v) is 5.58. The lowest BCUT2D eigenvalue weighted by atomic mass is 10.1. The molecule has 1 aliphatic rings. The standard InChI is InChI=1S/C18H20FNO3S2/c1-12(13-4-5-13)18(21)20-11-17(16-3-2-10-24-16)25(22,23)15-8-6-14(19)7-9-15/h2-3,6-10,12-13,17H,4-5,11H2,1H3,(H,20,21). The Kier molecular flexibility index (Phi) is 5.24.